The van der Waals surface area contributed by atoms with Gasteiger partial charge < -0.3 is 11.1 Å². The summed E-state index contributed by atoms with van der Waals surface area (Å²) in [4.78, 5) is 0. The first-order valence-corrected chi connectivity index (χ1v) is 4.89. The van der Waals surface area contributed by atoms with Crippen molar-refractivity contribution in [1.29, 1.82) is 5.41 Å². The van der Waals surface area contributed by atoms with Crippen molar-refractivity contribution in [3.05, 3.63) is 28.3 Å². The number of hydrogen-bond donors (Lipinski definition) is 2. The molecule has 0 heterocycles. The molecule has 0 spiro atoms. The molecule has 2 heteroatoms. The van der Waals surface area contributed by atoms with Crippen LogP contribution < -0.4 is 5.73 Å². The SMILES string of the molecule is Cc1cc(N)c(C=N)c(C(C)C)c1C.[HH]. The van der Waals surface area contributed by atoms with Crippen LogP contribution in [0.25, 0.3) is 0 Å². The van der Waals surface area contributed by atoms with E-state index < -0.39 is 0 Å². The highest BCUT2D eigenvalue weighted by Gasteiger charge is 2.12. The van der Waals surface area contributed by atoms with Gasteiger partial charge in [0.15, 0.2) is 0 Å². The maximum absolute atomic E-state index is 7.38. The number of anilines is 1. The van der Waals surface area contributed by atoms with Crippen molar-refractivity contribution >= 4 is 11.9 Å². The summed E-state index contributed by atoms with van der Waals surface area (Å²) in [5, 5.41) is 7.38. The van der Waals surface area contributed by atoms with E-state index >= 15 is 0 Å². The van der Waals surface area contributed by atoms with Crippen LogP contribution in [0, 0.1) is 19.3 Å². The molecule has 78 valence electrons. The fourth-order valence-corrected chi connectivity index (χ4v) is 1.89. The maximum Gasteiger partial charge on any atom is 0.0408 e. The fourth-order valence-electron chi connectivity index (χ4n) is 1.89. The molecule has 14 heavy (non-hydrogen) atoms. The lowest BCUT2D eigenvalue weighted by Gasteiger charge is -2.17. The van der Waals surface area contributed by atoms with E-state index in [2.05, 4.69) is 27.7 Å². The van der Waals surface area contributed by atoms with Crippen molar-refractivity contribution in [1.82, 2.24) is 0 Å². The van der Waals surface area contributed by atoms with Crippen LogP contribution in [0.4, 0.5) is 5.69 Å². The summed E-state index contributed by atoms with van der Waals surface area (Å²) in [5.41, 5.74) is 11.1. The van der Waals surface area contributed by atoms with Gasteiger partial charge in [-0.1, -0.05) is 13.8 Å². The van der Waals surface area contributed by atoms with Gasteiger partial charge in [-0.25, -0.2) is 0 Å². The minimum Gasteiger partial charge on any atom is -0.398 e. The van der Waals surface area contributed by atoms with Crippen LogP contribution >= 0.6 is 0 Å². The van der Waals surface area contributed by atoms with Crippen molar-refractivity contribution < 1.29 is 1.43 Å². The van der Waals surface area contributed by atoms with Gasteiger partial charge in [0, 0.05) is 18.9 Å². The van der Waals surface area contributed by atoms with Crippen molar-refractivity contribution in [3.63, 3.8) is 0 Å². The number of rotatable bonds is 2. The van der Waals surface area contributed by atoms with Gasteiger partial charge in [0.1, 0.15) is 0 Å². The topological polar surface area (TPSA) is 49.9 Å². The Labute approximate surface area is 87.1 Å². The van der Waals surface area contributed by atoms with Gasteiger partial charge in [-0.3, -0.25) is 0 Å². The Bertz CT molecular complexity index is 370. The predicted octanol–water partition coefficient (Wildman–Crippen LogP) is 3.25. The zero-order valence-corrected chi connectivity index (χ0v) is 9.31. The van der Waals surface area contributed by atoms with Crippen molar-refractivity contribution in [2.45, 2.75) is 33.6 Å². The third-order valence-corrected chi connectivity index (χ3v) is 2.69. The second kappa shape index (κ2) is 3.82. The zero-order valence-electron chi connectivity index (χ0n) is 9.31. The molecule has 1 aromatic rings. The Kier molecular flexibility index (Phi) is 2.94. The molecule has 3 N–H and O–H groups in total. The van der Waals surface area contributed by atoms with Crippen LogP contribution in [-0.4, -0.2) is 6.21 Å². The number of benzene rings is 1. The molecule has 0 aliphatic rings. The lowest BCUT2D eigenvalue weighted by molar-refractivity contribution is 0.852. The molecule has 0 amide bonds. The van der Waals surface area contributed by atoms with E-state index in [0.717, 1.165) is 5.56 Å². The van der Waals surface area contributed by atoms with Crippen molar-refractivity contribution in [2.24, 2.45) is 0 Å². The lowest BCUT2D eigenvalue weighted by Crippen LogP contribution is -2.05. The number of aryl methyl sites for hydroxylation is 1. The monoisotopic (exact) mass is 192 g/mol. The van der Waals surface area contributed by atoms with E-state index in [-0.39, 0.29) is 1.43 Å². The van der Waals surface area contributed by atoms with E-state index in [1.807, 2.05) is 6.07 Å². The highest BCUT2D eigenvalue weighted by molar-refractivity contribution is 5.88. The summed E-state index contributed by atoms with van der Waals surface area (Å²) >= 11 is 0. The zero-order chi connectivity index (χ0) is 10.9. The minimum atomic E-state index is 0. The average molecular weight is 192 g/mol. The molecule has 0 aliphatic carbocycles. The van der Waals surface area contributed by atoms with Gasteiger partial charge in [-0.15, -0.1) is 0 Å². The first-order valence-electron chi connectivity index (χ1n) is 4.89. The molecule has 1 aromatic carbocycles. The van der Waals surface area contributed by atoms with Gasteiger partial charge in [-0.2, -0.15) is 0 Å². The maximum atomic E-state index is 7.38. The second-order valence-corrected chi connectivity index (χ2v) is 4.03. The number of nitrogens with two attached hydrogens (primary N) is 1. The molecule has 0 atom stereocenters. The molecule has 0 bridgehead atoms. The molecule has 0 saturated carbocycles. The fraction of sp³-hybridized carbons (Fsp3) is 0.417. The molecule has 0 unspecified atom stereocenters. The van der Waals surface area contributed by atoms with E-state index in [4.69, 9.17) is 11.1 Å². The molecular weight excluding hydrogens is 172 g/mol. The highest BCUT2D eigenvalue weighted by Crippen LogP contribution is 2.29. The third-order valence-electron chi connectivity index (χ3n) is 2.69. The highest BCUT2D eigenvalue weighted by atomic mass is 14.6. The molecule has 0 fully saturated rings. The summed E-state index contributed by atoms with van der Waals surface area (Å²) in [6.07, 6.45) is 1.36. The van der Waals surface area contributed by atoms with Gasteiger partial charge in [-0.05, 0) is 42.5 Å². The number of nitrogens with one attached hydrogen (secondary N) is 1. The first kappa shape index (κ1) is 10.8. The van der Waals surface area contributed by atoms with Crippen LogP contribution in [0.1, 0.15) is 43.4 Å². The predicted molar refractivity (Wildman–Crippen MR) is 64.4 cm³/mol. The molecule has 0 radical (unpaired) electrons. The third kappa shape index (κ3) is 1.65. The van der Waals surface area contributed by atoms with Crippen LogP contribution in [0.2, 0.25) is 0 Å². The van der Waals surface area contributed by atoms with E-state index in [1.165, 1.54) is 22.9 Å². The van der Waals surface area contributed by atoms with Gasteiger partial charge in [0.2, 0.25) is 0 Å². The van der Waals surface area contributed by atoms with Crippen LogP contribution in [0.3, 0.4) is 0 Å². The molecule has 1 rings (SSSR count). The van der Waals surface area contributed by atoms with Gasteiger partial charge in [0.05, 0.1) is 0 Å². The van der Waals surface area contributed by atoms with Gasteiger partial charge >= 0.3 is 0 Å². The molecule has 2 nitrogen and oxygen atoms in total. The second-order valence-electron chi connectivity index (χ2n) is 4.03. The summed E-state index contributed by atoms with van der Waals surface area (Å²) < 4.78 is 0. The van der Waals surface area contributed by atoms with Crippen molar-refractivity contribution in [3.8, 4) is 0 Å². The summed E-state index contributed by atoms with van der Waals surface area (Å²) in [7, 11) is 0. The largest absolute Gasteiger partial charge is 0.398 e. The number of hydrogen-bond acceptors (Lipinski definition) is 2. The molecule has 0 aliphatic heterocycles. The molecule has 0 saturated heterocycles. The summed E-state index contributed by atoms with van der Waals surface area (Å²) in [6, 6.07) is 1.95. The van der Waals surface area contributed by atoms with E-state index in [1.54, 1.807) is 0 Å². The lowest BCUT2D eigenvalue weighted by atomic mass is 9.89. The minimum absolute atomic E-state index is 0. The normalized spacial score (nSPS) is 10.6. The Morgan fingerprint density at radius 1 is 1.43 bits per heavy atom. The van der Waals surface area contributed by atoms with E-state index in [9.17, 15) is 0 Å². The van der Waals surface area contributed by atoms with Crippen LogP contribution in [0.5, 0.6) is 0 Å². The van der Waals surface area contributed by atoms with Gasteiger partial charge in [0.25, 0.3) is 0 Å². The molecular formula is C12H20N2. The Balaban J connectivity index is 0.00000196. The standard InChI is InChI=1S/C12H18N2.H2/c1-7(2)12-9(4)8(3)5-11(14)10(12)6-13;/h5-7,13H,14H2,1-4H3;1H. The Hall–Kier alpha value is -1.31. The van der Waals surface area contributed by atoms with E-state index in [0.29, 0.717) is 11.6 Å². The smallest absolute Gasteiger partial charge is 0.0408 e. The Morgan fingerprint density at radius 3 is 2.43 bits per heavy atom. The quantitative estimate of drug-likeness (QED) is 0.548. The van der Waals surface area contributed by atoms with Crippen LogP contribution in [0.15, 0.2) is 6.07 Å². The van der Waals surface area contributed by atoms with Crippen molar-refractivity contribution in [2.75, 3.05) is 5.73 Å². The average Bonchev–Trinajstić information content (AvgIpc) is 2.10. The van der Waals surface area contributed by atoms with Crippen LogP contribution in [-0.2, 0) is 0 Å². The number of nitrogen functional groups attached to an aromatic ring is 1. The summed E-state index contributed by atoms with van der Waals surface area (Å²) in [5.74, 6) is 0.411. The first-order chi connectivity index (χ1) is 6.49. The summed E-state index contributed by atoms with van der Waals surface area (Å²) in [6.45, 7) is 8.42. The Morgan fingerprint density at radius 2 is 2.00 bits per heavy atom. The molecule has 0 aromatic heterocycles.